The summed E-state index contributed by atoms with van der Waals surface area (Å²) in [7, 11) is 0. The minimum absolute atomic E-state index is 0.0826. The molecule has 70 valence electrons. The highest BCUT2D eigenvalue weighted by Gasteiger charge is 1.98. The number of benzene rings is 1. The lowest BCUT2D eigenvalue weighted by atomic mass is 10.0. The van der Waals surface area contributed by atoms with E-state index in [4.69, 9.17) is 10.2 Å². The molecule has 2 N–H and O–H groups in total. The topological polar surface area (TPSA) is 40.5 Å². The van der Waals surface area contributed by atoms with Crippen LogP contribution in [0.25, 0.3) is 0 Å². The second-order valence-corrected chi connectivity index (χ2v) is 2.92. The molecule has 0 amide bonds. The Bertz CT molecular complexity index is 265. The van der Waals surface area contributed by atoms with Crippen molar-refractivity contribution in [1.82, 2.24) is 0 Å². The maximum Gasteiger partial charge on any atom is 0.0787 e. The van der Waals surface area contributed by atoms with Gasteiger partial charge in [-0.3, -0.25) is 0 Å². The molecule has 0 spiro atoms. The lowest BCUT2D eigenvalue weighted by Crippen LogP contribution is -1.94. The van der Waals surface area contributed by atoms with Crippen molar-refractivity contribution in [3.63, 3.8) is 0 Å². The van der Waals surface area contributed by atoms with Gasteiger partial charge in [-0.2, -0.15) is 0 Å². The maximum absolute atomic E-state index is 8.85. The highest BCUT2D eigenvalue weighted by atomic mass is 16.3. The summed E-state index contributed by atoms with van der Waals surface area (Å²) in [5.74, 6) is 0. The van der Waals surface area contributed by atoms with Crippen molar-refractivity contribution in [2.75, 3.05) is 6.61 Å². The molecule has 0 aliphatic heterocycles. The first-order chi connectivity index (χ1) is 6.36. The van der Waals surface area contributed by atoms with Crippen LogP contribution in [0.2, 0.25) is 0 Å². The Balaban J connectivity index is 2.58. The van der Waals surface area contributed by atoms with Crippen LogP contribution in [-0.2, 0) is 6.42 Å². The van der Waals surface area contributed by atoms with Gasteiger partial charge in [-0.05, 0) is 24.0 Å². The first kappa shape index (κ1) is 9.81. The van der Waals surface area contributed by atoms with E-state index in [1.807, 2.05) is 30.3 Å². The standard InChI is InChI=1S/C11H14O2/c12-7-6-11(9-13)8-10-4-2-1-3-5-10/h1-5,9,12-13H,6-8H2. The molecule has 1 aromatic rings. The van der Waals surface area contributed by atoms with Crippen LogP contribution in [0.3, 0.4) is 0 Å². The molecule has 0 aliphatic carbocycles. The molecule has 0 fully saturated rings. The van der Waals surface area contributed by atoms with Gasteiger partial charge in [-0.15, -0.1) is 0 Å². The van der Waals surface area contributed by atoms with Gasteiger partial charge in [-0.1, -0.05) is 30.3 Å². The van der Waals surface area contributed by atoms with Crippen molar-refractivity contribution < 1.29 is 10.2 Å². The van der Waals surface area contributed by atoms with Crippen LogP contribution in [0.5, 0.6) is 0 Å². The van der Waals surface area contributed by atoms with Gasteiger partial charge in [0.2, 0.25) is 0 Å². The average molecular weight is 178 g/mol. The van der Waals surface area contributed by atoms with Crippen molar-refractivity contribution in [1.29, 1.82) is 0 Å². The Labute approximate surface area is 78.2 Å². The SMILES string of the molecule is OC=C(CCO)Cc1ccccc1. The van der Waals surface area contributed by atoms with E-state index in [-0.39, 0.29) is 6.61 Å². The van der Waals surface area contributed by atoms with Gasteiger partial charge in [0.05, 0.1) is 6.26 Å². The smallest absolute Gasteiger partial charge is 0.0787 e. The fraction of sp³-hybridized carbons (Fsp3) is 0.273. The van der Waals surface area contributed by atoms with E-state index in [0.717, 1.165) is 17.4 Å². The van der Waals surface area contributed by atoms with E-state index in [1.54, 1.807) is 0 Å². The van der Waals surface area contributed by atoms with Crippen LogP contribution in [-0.4, -0.2) is 16.8 Å². The zero-order chi connectivity index (χ0) is 9.52. The van der Waals surface area contributed by atoms with Gasteiger partial charge >= 0.3 is 0 Å². The molecule has 2 nitrogen and oxygen atoms in total. The molecule has 0 radical (unpaired) electrons. The van der Waals surface area contributed by atoms with Crippen LogP contribution in [0.15, 0.2) is 42.2 Å². The molecule has 2 heteroatoms. The molecular formula is C11H14O2. The Morgan fingerprint density at radius 2 is 1.92 bits per heavy atom. The third-order valence-electron chi connectivity index (χ3n) is 1.89. The van der Waals surface area contributed by atoms with Crippen molar-refractivity contribution in [3.8, 4) is 0 Å². The van der Waals surface area contributed by atoms with Gasteiger partial charge in [0.15, 0.2) is 0 Å². The number of hydrogen-bond acceptors (Lipinski definition) is 2. The molecule has 0 saturated carbocycles. The number of rotatable bonds is 4. The Morgan fingerprint density at radius 1 is 1.23 bits per heavy atom. The average Bonchev–Trinajstić information content (AvgIpc) is 2.19. The Hall–Kier alpha value is -1.28. The van der Waals surface area contributed by atoms with E-state index < -0.39 is 0 Å². The summed E-state index contributed by atoms with van der Waals surface area (Å²) < 4.78 is 0. The van der Waals surface area contributed by atoms with E-state index in [9.17, 15) is 0 Å². The van der Waals surface area contributed by atoms with Gasteiger partial charge < -0.3 is 10.2 Å². The Kier molecular flexibility index (Phi) is 4.06. The fourth-order valence-electron chi connectivity index (χ4n) is 1.20. The predicted octanol–water partition coefficient (Wildman–Crippen LogP) is 2.05. The van der Waals surface area contributed by atoms with Crippen LogP contribution in [0, 0.1) is 0 Å². The second kappa shape index (κ2) is 5.38. The van der Waals surface area contributed by atoms with E-state index in [2.05, 4.69) is 0 Å². The summed E-state index contributed by atoms with van der Waals surface area (Å²) >= 11 is 0. The highest BCUT2D eigenvalue weighted by molar-refractivity contribution is 5.20. The van der Waals surface area contributed by atoms with E-state index in [1.165, 1.54) is 0 Å². The minimum atomic E-state index is 0.0826. The lowest BCUT2D eigenvalue weighted by molar-refractivity contribution is 0.296. The minimum Gasteiger partial charge on any atom is -0.516 e. The normalized spacial score (nSPS) is 11.6. The third kappa shape index (κ3) is 3.30. The largest absolute Gasteiger partial charge is 0.516 e. The van der Waals surface area contributed by atoms with Gasteiger partial charge in [0, 0.05) is 6.61 Å². The van der Waals surface area contributed by atoms with Gasteiger partial charge in [0.1, 0.15) is 0 Å². The van der Waals surface area contributed by atoms with Crippen LogP contribution in [0.4, 0.5) is 0 Å². The van der Waals surface area contributed by atoms with Crippen LogP contribution >= 0.6 is 0 Å². The molecule has 0 atom stereocenters. The first-order valence-electron chi connectivity index (χ1n) is 4.33. The van der Waals surface area contributed by atoms with Crippen molar-refractivity contribution in [3.05, 3.63) is 47.7 Å². The first-order valence-corrected chi connectivity index (χ1v) is 4.33. The fourth-order valence-corrected chi connectivity index (χ4v) is 1.20. The van der Waals surface area contributed by atoms with E-state index in [0.29, 0.717) is 12.8 Å². The quantitative estimate of drug-likeness (QED) is 0.693. The molecule has 1 rings (SSSR count). The lowest BCUT2D eigenvalue weighted by Gasteiger charge is -2.03. The third-order valence-corrected chi connectivity index (χ3v) is 1.89. The number of aliphatic hydroxyl groups excluding tert-OH is 2. The summed E-state index contributed by atoms with van der Waals surface area (Å²) in [4.78, 5) is 0. The molecule has 0 aliphatic rings. The van der Waals surface area contributed by atoms with Gasteiger partial charge in [-0.25, -0.2) is 0 Å². The Morgan fingerprint density at radius 3 is 2.46 bits per heavy atom. The maximum atomic E-state index is 8.85. The van der Waals surface area contributed by atoms with Crippen LogP contribution in [0.1, 0.15) is 12.0 Å². The van der Waals surface area contributed by atoms with Crippen molar-refractivity contribution in [2.24, 2.45) is 0 Å². The zero-order valence-electron chi connectivity index (χ0n) is 7.48. The summed E-state index contributed by atoms with van der Waals surface area (Å²) in [6.45, 7) is 0.0826. The summed E-state index contributed by atoms with van der Waals surface area (Å²) in [6.07, 6.45) is 2.33. The van der Waals surface area contributed by atoms with Gasteiger partial charge in [0.25, 0.3) is 0 Å². The monoisotopic (exact) mass is 178 g/mol. The van der Waals surface area contributed by atoms with Crippen molar-refractivity contribution >= 4 is 0 Å². The zero-order valence-corrected chi connectivity index (χ0v) is 7.48. The molecule has 0 bridgehead atoms. The summed E-state index contributed by atoms with van der Waals surface area (Å²) in [6, 6.07) is 9.88. The number of hydrogen-bond donors (Lipinski definition) is 2. The molecular weight excluding hydrogens is 164 g/mol. The van der Waals surface area contributed by atoms with E-state index >= 15 is 0 Å². The molecule has 13 heavy (non-hydrogen) atoms. The molecule has 1 aromatic carbocycles. The number of aliphatic hydroxyl groups is 2. The highest BCUT2D eigenvalue weighted by Crippen LogP contribution is 2.09. The summed E-state index contributed by atoms with van der Waals surface area (Å²) in [5.41, 5.74) is 2.00. The second-order valence-electron chi connectivity index (χ2n) is 2.92. The van der Waals surface area contributed by atoms with Crippen molar-refractivity contribution in [2.45, 2.75) is 12.8 Å². The predicted molar refractivity (Wildman–Crippen MR) is 52.6 cm³/mol. The molecule has 0 heterocycles. The van der Waals surface area contributed by atoms with Crippen LogP contribution < -0.4 is 0 Å². The molecule has 0 saturated heterocycles. The molecule has 0 aromatic heterocycles. The summed E-state index contributed by atoms with van der Waals surface area (Å²) in [5, 5.41) is 17.5. The molecule has 0 unspecified atom stereocenters.